The molecular formula is C13H15NO. The normalized spacial score (nSPS) is 11.5. The molecule has 1 N–H and O–H groups in total. The van der Waals surface area contributed by atoms with Crippen molar-refractivity contribution < 1.29 is 4.79 Å². The van der Waals surface area contributed by atoms with E-state index < -0.39 is 0 Å². The molecule has 0 saturated heterocycles. The van der Waals surface area contributed by atoms with E-state index in [4.69, 9.17) is 6.42 Å². The zero-order chi connectivity index (χ0) is 11.3. The van der Waals surface area contributed by atoms with Crippen molar-refractivity contribution in [1.29, 1.82) is 0 Å². The van der Waals surface area contributed by atoms with E-state index in [1.165, 1.54) is 0 Å². The van der Waals surface area contributed by atoms with Gasteiger partial charge >= 0.3 is 0 Å². The molecule has 1 aromatic rings. The average molecular weight is 201 g/mol. The molecule has 1 amide bonds. The molecule has 0 aromatic heterocycles. The largest absolute Gasteiger partial charge is 0.338 e. The van der Waals surface area contributed by atoms with Gasteiger partial charge < -0.3 is 5.32 Å². The Morgan fingerprint density at radius 1 is 1.47 bits per heavy atom. The van der Waals surface area contributed by atoms with Crippen molar-refractivity contribution >= 4 is 5.91 Å². The molecule has 0 aliphatic carbocycles. The SMILES string of the molecule is C#CC(CC)NC(=O)c1ccc(C)cc1. The quantitative estimate of drug-likeness (QED) is 0.746. The maximum atomic E-state index is 11.7. The Morgan fingerprint density at radius 2 is 2.07 bits per heavy atom. The molecule has 1 aromatic carbocycles. The number of aryl methyl sites for hydroxylation is 1. The minimum absolute atomic E-state index is 0.111. The van der Waals surface area contributed by atoms with E-state index in [9.17, 15) is 4.79 Å². The molecular weight excluding hydrogens is 186 g/mol. The van der Waals surface area contributed by atoms with Gasteiger partial charge in [-0.3, -0.25) is 4.79 Å². The van der Waals surface area contributed by atoms with Gasteiger partial charge in [-0.2, -0.15) is 0 Å². The number of nitrogens with one attached hydrogen (secondary N) is 1. The van der Waals surface area contributed by atoms with Crippen LogP contribution in [0.1, 0.15) is 29.3 Å². The average Bonchev–Trinajstić information content (AvgIpc) is 2.26. The van der Waals surface area contributed by atoms with E-state index >= 15 is 0 Å². The summed E-state index contributed by atoms with van der Waals surface area (Å²) in [6, 6.07) is 7.23. The summed E-state index contributed by atoms with van der Waals surface area (Å²) in [7, 11) is 0. The van der Waals surface area contributed by atoms with Crippen molar-refractivity contribution in [1.82, 2.24) is 5.32 Å². The summed E-state index contributed by atoms with van der Waals surface area (Å²) in [5, 5.41) is 2.78. The zero-order valence-electron chi connectivity index (χ0n) is 9.08. The summed E-state index contributed by atoms with van der Waals surface area (Å²) >= 11 is 0. The highest BCUT2D eigenvalue weighted by molar-refractivity contribution is 5.94. The number of carbonyl (C=O) groups is 1. The third kappa shape index (κ3) is 3.14. The van der Waals surface area contributed by atoms with Crippen LogP contribution in [0.4, 0.5) is 0 Å². The van der Waals surface area contributed by atoms with Gasteiger partial charge in [-0.25, -0.2) is 0 Å². The maximum absolute atomic E-state index is 11.7. The standard InChI is InChI=1S/C13H15NO/c1-4-12(5-2)14-13(15)11-8-6-10(3)7-9-11/h1,6-9,12H,5H2,2-3H3,(H,14,15). The van der Waals surface area contributed by atoms with E-state index in [2.05, 4.69) is 11.2 Å². The molecule has 1 rings (SSSR count). The topological polar surface area (TPSA) is 29.1 Å². The number of hydrogen-bond acceptors (Lipinski definition) is 1. The zero-order valence-corrected chi connectivity index (χ0v) is 9.08. The minimum Gasteiger partial charge on any atom is -0.338 e. The first-order valence-corrected chi connectivity index (χ1v) is 5.01. The van der Waals surface area contributed by atoms with Crippen LogP contribution in [0.5, 0.6) is 0 Å². The molecule has 0 spiro atoms. The fourth-order valence-corrected chi connectivity index (χ4v) is 1.21. The first-order chi connectivity index (χ1) is 7.17. The second kappa shape index (κ2) is 5.21. The highest BCUT2D eigenvalue weighted by Gasteiger charge is 2.08. The number of benzene rings is 1. The lowest BCUT2D eigenvalue weighted by molar-refractivity contribution is 0.0945. The second-order valence-corrected chi connectivity index (χ2v) is 3.47. The van der Waals surface area contributed by atoms with Crippen LogP contribution in [-0.2, 0) is 0 Å². The fourth-order valence-electron chi connectivity index (χ4n) is 1.21. The summed E-state index contributed by atoms with van der Waals surface area (Å²) in [5.74, 6) is 2.42. The predicted octanol–water partition coefficient (Wildman–Crippen LogP) is 2.14. The summed E-state index contributed by atoms with van der Waals surface area (Å²) in [5.41, 5.74) is 1.78. The van der Waals surface area contributed by atoms with Gasteiger partial charge in [-0.1, -0.05) is 30.5 Å². The highest BCUT2D eigenvalue weighted by atomic mass is 16.1. The Balaban J connectivity index is 2.70. The van der Waals surface area contributed by atoms with Crippen LogP contribution >= 0.6 is 0 Å². The molecule has 15 heavy (non-hydrogen) atoms. The van der Waals surface area contributed by atoms with Crippen molar-refractivity contribution in [2.75, 3.05) is 0 Å². The van der Waals surface area contributed by atoms with Crippen LogP contribution in [0.15, 0.2) is 24.3 Å². The van der Waals surface area contributed by atoms with Gasteiger partial charge in [0.1, 0.15) is 0 Å². The van der Waals surface area contributed by atoms with Crippen LogP contribution in [0.2, 0.25) is 0 Å². The molecule has 0 saturated carbocycles. The minimum atomic E-state index is -0.182. The summed E-state index contributed by atoms with van der Waals surface area (Å²) in [6.45, 7) is 3.93. The van der Waals surface area contributed by atoms with Gasteiger partial charge in [0.15, 0.2) is 0 Å². The molecule has 2 heteroatoms. The molecule has 0 bridgehead atoms. The van der Waals surface area contributed by atoms with Crippen LogP contribution in [0, 0.1) is 19.3 Å². The van der Waals surface area contributed by atoms with Crippen LogP contribution in [0.25, 0.3) is 0 Å². The molecule has 0 aliphatic rings. The van der Waals surface area contributed by atoms with Crippen LogP contribution in [-0.4, -0.2) is 11.9 Å². The number of hydrogen-bond donors (Lipinski definition) is 1. The van der Waals surface area contributed by atoms with E-state index in [1.807, 2.05) is 26.0 Å². The van der Waals surface area contributed by atoms with Gasteiger partial charge in [-0.05, 0) is 25.5 Å². The van der Waals surface area contributed by atoms with Crippen LogP contribution < -0.4 is 5.32 Å². The van der Waals surface area contributed by atoms with E-state index in [0.717, 1.165) is 12.0 Å². The van der Waals surface area contributed by atoms with Crippen molar-refractivity contribution in [2.45, 2.75) is 26.3 Å². The molecule has 1 atom stereocenters. The molecule has 0 fully saturated rings. The Kier molecular flexibility index (Phi) is 3.93. The molecule has 0 heterocycles. The summed E-state index contributed by atoms with van der Waals surface area (Å²) in [6.07, 6.45) is 6.01. The first kappa shape index (κ1) is 11.3. The Bertz CT molecular complexity index is 373. The van der Waals surface area contributed by atoms with E-state index in [1.54, 1.807) is 12.1 Å². The monoisotopic (exact) mass is 201 g/mol. The molecule has 0 aliphatic heterocycles. The van der Waals surface area contributed by atoms with Gasteiger partial charge in [0.2, 0.25) is 0 Å². The lowest BCUT2D eigenvalue weighted by Crippen LogP contribution is -2.33. The van der Waals surface area contributed by atoms with E-state index in [0.29, 0.717) is 5.56 Å². The molecule has 2 nitrogen and oxygen atoms in total. The highest BCUT2D eigenvalue weighted by Crippen LogP contribution is 2.03. The van der Waals surface area contributed by atoms with Crippen molar-refractivity contribution in [3.05, 3.63) is 35.4 Å². The Hall–Kier alpha value is -1.75. The fraction of sp³-hybridized carbons (Fsp3) is 0.308. The first-order valence-electron chi connectivity index (χ1n) is 5.01. The van der Waals surface area contributed by atoms with E-state index in [-0.39, 0.29) is 11.9 Å². The Labute approximate surface area is 90.7 Å². The number of rotatable bonds is 3. The number of amides is 1. The maximum Gasteiger partial charge on any atom is 0.252 e. The Morgan fingerprint density at radius 3 is 2.53 bits per heavy atom. The smallest absolute Gasteiger partial charge is 0.252 e. The molecule has 0 radical (unpaired) electrons. The lowest BCUT2D eigenvalue weighted by atomic mass is 10.1. The van der Waals surface area contributed by atoms with Crippen molar-refractivity contribution in [3.8, 4) is 12.3 Å². The molecule has 78 valence electrons. The number of carbonyl (C=O) groups excluding carboxylic acids is 1. The number of terminal acetylenes is 1. The van der Waals surface area contributed by atoms with Gasteiger partial charge in [0.25, 0.3) is 5.91 Å². The van der Waals surface area contributed by atoms with Crippen molar-refractivity contribution in [2.24, 2.45) is 0 Å². The third-order valence-electron chi connectivity index (χ3n) is 2.23. The van der Waals surface area contributed by atoms with Gasteiger partial charge in [0.05, 0.1) is 6.04 Å². The predicted molar refractivity (Wildman–Crippen MR) is 61.6 cm³/mol. The van der Waals surface area contributed by atoms with Crippen LogP contribution in [0.3, 0.4) is 0 Å². The second-order valence-electron chi connectivity index (χ2n) is 3.47. The summed E-state index contributed by atoms with van der Waals surface area (Å²) < 4.78 is 0. The van der Waals surface area contributed by atoms with Gasteiger partial charge in [0, 0.05) is 5.56 Å². The summed E-state index contributed by atoms with van der Waals surface area (Å²) in [4.78, 5) is 11.7. The molecule has 1 unspecified atom stereocenters. The van der Waals surface area contributed by atoms with Gasteiger partial charge in [-0.15, -0.1) is 6.42 Å². The lowest BCUT2D eigenvalue weighted by Gasteiger charge is -2.10. The third-order valence-corrected chi connectivity index (χ3v) is 2.23. The van der Waals surface area contributed by atoms with Crippen molar-refractivity contribution in [3.63, 3.8) is 0 Å².